The summed E-state index contributed by atoms with van der Waals surface area (Å²) in [5, 5.41) is 3.45. The molecule has 1 atom stereocenters. The van der Waals surface area contributed by atoms with Crippen molar-refractivity contribution in [2.75, 3.05) is 7.05 Å². The minimum Gasteiger partial charge on any atom is -0.314 e. The molecule has 1 unspecified atom stereocenters. The summed E-state index contributed by atoms with van der Waals surface area (Å²) in [4.78, 5) is 0. The Kier molecular flexibility index (Phi) is 2.59. The van der Waals surface area contributed by atoms with Crippen LogP contribution < -0.4 is 5.32 Å². The second kappa shape index (κ2) is 3.64. The Hall–Kier alpha value is -0.820. The summed E-state index contributed by atoms with van der Waals surface area (Å²) in [6, 6.07) is 6.71. The van der Waals surface area contributed by atoms with Crippen molar-refractivity contribution in [3.8, 4) is 0 Å². The van der Waals surface area contributed by atoms with E-state index in [0.717, 1.165) is 0 Å². The van der Waals surface area contributed by atoms with Crippen LogP contribution >= 0.6 is 0 Å². The molecule has 1 nitrogen and oxygen atoms in total. The highest BCUT2D eigenvalue weighted by molar-refractivity contribution is 5.42. The summed E-state index contributed by atoms with van der Waals surface area (Å²) in [7, 11) is 2.07. The predicted molar refractivity (Wildman–Crippen MR) is 65.4 cm³/mol. The van der Waals surface area contributed by atoms with Gasteiger partial charge in [-0.2, -0.15) is 0 Å². The fourth-order valence-corrected chi connectivity index (χ4v) is 2.80. The Morgan fingerprint density at radius 3 is 2.73 bits per heavy atom. The third-order valence-corrected chi connectivity index (χ3v) is 3.98. The number of hydrogen-bond donors (Lipinski definition) is 1. The van der Waals surface area contributed by atoms with Gasteiger partial charge < -0.3 is 5.32 Å². The van der Waals surface area contributed by atoms with Gasteiger partial charge in [0, 0.05) is 11.5 Å². The standard InChI is InChI=1S/C14H21N/c1-10-6-5-7-11-8-9-12(13(10)11)14(2,3)15-4/h5-7,12,15H,8-9H2,1-4H3. The van der Waals surface area contributed by atoms with Crippen LogP contribution in [-0.2, 0) is 6.42 Å². The Balaban J connectivity index is 2.44. The van der Waals surface area contributed by atoms with Crippen LogP contribution in [0, 0.1) is 6.92 Å². The van der Waals surface area contributed by atoms with Crippen LogP contribution in [0.25, 0.3) is 0 Å². The Morgan fingerprint density at radius 1 is 1.33 bits per heavy atom. The number of fused-ring (bicyclic) bond motifs is 1. The highest BCUT2D eigenvalue weighted by Crippen LogP contribution is 2.41. The van der Waals surface area contributed by atoms with Gasteiger partial charge in [-0.1, -0.05) is 18.2 Å². The van der Waals surface area contributed by atoms with E-state index in [2.05, 4.69) is 51.3 Å². The molecule has 1 aromatic carbocycles. The molecule has 1 heteroatoms. The average molecular weight is 203 g/mol. The molecule has 1 N–H and O–H groups in total. The van der Waals surface area contributed by atoms with Crippen molar-refractivity contribution in [3.05, 3.63) is 34.9 Å². The Morgan fingerprint density at radius 2 is 2.07 bits per heavy atom. The monoisotopic (exact) mass is 203 g/mol. The second-order valence-electron chi connectivity index (χ2n) is 5.21. The highest BCUT2D eigenvalue weighted by Gasteiger charge is 2.35. The minimum atomic E-state index is 0.206. The molecule has 0 heterocycles. The zero-order valence-corrected chi connectivity index (χ0v) is 10.2. The van der Waals surface area contributed by atoms with Gasteiger partial charge in [0.15, 0.2) is 0 Å². The number of rotatable bonds is 2. The van der Waals surface area contributed by atoms with Crippen LogP contribution in [0.1, 0.15) is 42.9 Å². The van der Waals surface area contributed by atoms with Crippen molar-refractivity contribution in [2.45, 2.75) is 45.1 Å². The molecule has 0 saturated carbocycles. The smallest absolute Gasteiger partial charge is 0.0190 e. The summed E-state index contributed by atoms with van der Waals surface area (Å²) < 4.78 is 0. The molecule has 0 fully saturated rings. The first-order valence-electron chi connectivity index (χ1n) is 5.83. The predicted octanol–water partition coefficient (Wildman–Crippen LogP) is 3.02. The maximum Gasteiger partial charge on any atom is 0.0190 e. The molecule has 0 radical (unpaired) electrons. The molecule has 1 aromatic rings. The van der Waals surface area contributed by atoms with E-state index in [1.54, 1.807) is 11.1 Å². The summed E-state index contributed by atoms with van der Waals surface area (Å²) >= 11 is 0. The van der Waals surface area contributed by atoms with Crippen LogP contribution in [0.4, 0.5) is 0 Å². The first-order valence-corrected chi connectivity index (χ1v) is 5.83. The van der Waals surface area contributed by atoms with Gasteiger partial charge in [-0.05, 0) is 57.4 Å². The lowest BCUT2D eigenvalue weighted by Crippen LogP contribution is -2.41. The molecule has 0 aromatic heterocycles. The topological polar surface area (TPSA) is 12.0 Å². The number of aryl methyl sites for hydroxylation is 2. The van der Waals surface area contributed by atoms with Crippen molar-refractivity contribution >= 4 is 0 Å². The van der Waals surface area contributed by atoms with E-state index >= 15 is 0 Å². The minimum absolute atomic E-state index is 0.206. The van der Waals surface area contributed by atoms with E-state index in [-0.39, 0.29) is 5.54 Å². The van der Waals surface area contributed by atoms with Gasteiger partial charge in [0.25, 0.3) is 0 Å². The quantitative estimate of drug-likeness (QED) is 0.779. The molecule has 0 amide bonds. The summed E-state index contributed by atoms with van der Waals surface area (Å²) in [5.74, 6) is 0.665. The third-order valence-electron chi connectivity index (χ3n) is 3.98. The molecule has 0 bridgehead atoms. The molecule has 2 rings (SSSR count). The molecular formula is C14H21N. The van der Waals surface area contributed by atoms with Crippen LogP contribution in [-0.4, -0.2) is 12.6 Å². The lowest BCUT2D eigenvalue weighted by atomic mass is 9.81. The molecule has 1 aliphatic carbocycles. The molecule has 1 aliphatic rings. The maximum atomic E-state index is 3.45. The van der Waals surface area contributed by atoms with E-state index < -0.39 is 0 Å². The second-order valence-corrected chi connectivity index (χ2v) is 5.21. The maximum absolute atomic E-state index is 3.45. The van der Waals surface area contributed by atoms with Crippen molar-refractivity contribution < 1.29 is 0 Å². The summed E-state index contributed by atoms with van der Waals surface area (Å²) in [5.41, 5.74) is 4.82. The normalized spacial score (nSPS) is 20.4. The van der Waals surface area contributed by atoms with Gasteiger partial charge in [0.2, 0.25) is 0 Å². The molecule has 82 valence electrons. The van der Waals surface area contributed by atoms with E-state index in [1.807, 2.05) is 0 Å². The van der Waals surface area contributed by atoms with Gasteiger partial charge in [-0.3, -0.25) is 0 Å². The molecule has 15 heavy (non-hydrogen) atoms. The van der Waals surface area contributed by atoms with Crippen LogP contribution in [0.3, 0.4) is 0 Å². The number of nitrogens with one attached hydrogen (secondary N) is 1. The van der Waals surface area contributed by atoms with Crippen molar-refractivity contribution in [1.29, 1.82) is 0 Å². The first kappa shape index (κ1) is 10.7. The average Bonchev–Trinajstić information content (AvgIpc) is 2.63. The molecule has 0 saturated heterocycles. The number of benzene rings is 1. The van der Waals surface area contributed by atoms with E-state index in [1.165, 1.54) is 18.4 Å². The lowest BCUT2D eigenvalue weighted by molar-refractivity contribution is 0.340. The third kappa shape index (κ3) is 1.69. The van der Waals surface area contributed by atoms with Crippen LogP contribution in [0.5, 0.6) is 0 Å². The van der Waals surface area contributed by atoms with Crippen molar-refractivity contribution in [2.24, 2.45) is 0 Å². The highest BCUT2D eigenvalue weighted by atomic mass is 14.9. The fourth-order valence-electron chi connectivity index (χ4n) is 2.80. The van der Waals surface area contributed by atoms with Crippen LogP contribution in [0.2, 0.25) is 0 Å². The van der Waals surface area contributed by atoms with Crippen molar-refractivity contribution in [1.82, 2.24) is 5.32 Å². The lowest BCUT2D eigenvalue weighted by Gasteiger charge is -2.33. The summed E-state index contributed by atoms with van der Waals surface area (Å²) in [6.07, 6.45) is 2.53. The Labute approximate surface area is 92.9 Å². The zero-order valence-electron chi connectivity index (χ0n) is 10.2. The van der Waals surface area contributed by atoms with Gasteiger partial charge in [0.05, 0.1) is 0 Å². The van der Waals surface area contributed by atoms with E-state index in [9.17, 15) is 0 Å². The zero-order chi connectivity index (χ0) is 11.1. The van der Waals surface area contributed by atoms with Crippen LogP contribution in [0.15, 0.2) is 18.2 Å². The number of likely N-dealkylation sites (N-methyl/N-ethyl adjacent to an activating group) is 1. The van der Waals surface area contributed by atoms with Gasteiger partial charge in [0.1, 0.15) is 0 Å². The molecule has 0 aliphatic heterocycles. The summed E-state index contributed by atoms with van der Waals surface area (Å²) in [6.45, 7) is 6.85. The van der Waals surface area contributed by atoms with Gasteiger partial charge in [-0.25, -0.2) is 0 Å². The largest absolute Gasteiger partial charge is 0.314 e. The molecule has 0 spiro atoms. The number of hydrogen-bond acceptors (Lipinski definition) is 1. The van der Waals surface area contributed by atoms with E-state index in [0.29, 0.717) is 5.92 Å². The fraction of sp³-hybridized carbons (Fsp3) is 0.571. The first-order chi connectivity index (χ1) is 7.06. The van der Waals surface area contributed by atoms with E-state index in [4.69, 9.17) is 0 Å². The van der Waals surface area contributed by atoms with Gasteiger partial charge in [-0.15, -0.1) is 0 Å². The Bertz CT molecular complexity index is 366. The van der Waals surface area contributed by atoms with Gasteiger partial charge >= 0.3 is 0 Å². The molecular weight excluding hydrogens is 182 g/mol. The van der Waals surface area contributed by atoms with Crippen molar-refractivity contribution in [3.63, 3.8) is 0 Å². The SMILES string of the molecule is CNC(C)(C)C1CCc2cccc(C)c21.